The number of aliphatic carboxylic acids is 1. The van der Waals surface area contributed by atoms with E-state index in [-0.39, 0.29) is 24.9 Å². The summed E-state index contributed by atoms with van der Waals surface area (Å²) in [5, 5.41) is 11.6. The SMILES string of the molecule is CC(C)[C@H](N)C(=O)OC(=O)[C@@H]1CCCN1.NCC(=O)Oc1ccc(C[C@H](N)C(=O)O)cc1. The molecule has 8 N–H and O–H groups in total. The monoisotopic (exact) mass is 452 g/mol. The Morgan fingerprint density at radius 1 is 1.16 bits per heavy atom. The summed E-state index contributed by atoms with van der Waals surface area (Å²) in [4.78, 5) is 44.2. The van der Waals surface area contributed by atoms with Crippen molar-refractivity contribution in [1.82, 2.24) is 5.32 Å². The molecule has 0 saturated carbocycles. The highest BCUT2D eigenvalue weighted by Gasteiger charge is 2.28. The number of hydrogen-bond donors (Lipinski definition) is 5. The number of carboxylic acids is 1. The maximum absolute atomic E-state index is 11.4. The first-order valence-electron chi connectivity index (χ1n) is 10.3. The Balaban J connectivity index is 0.000000323. The van der Waals surface area contributed by atoms with Crippen molar-refractivity contribution < 1.29 is 33.8 Å². The number of rotatable bonds is 8. The number of carbonyl (C=O) groups excluding carboxylic acids is 3. The first kappa shape index (κ1) is 27.2. The number of carboxylic acid groups (broad SMARTS) is 1. The molecule has 0 bridgehead atoms. The first-order chi connectivity index (χ1) is 15.0. The van der Waals surface area contributed by atoms with Crippen LogP contribution in [0.25, 0.3) is 0 Å². The minimum atomic E-state index is -1.05. The predicted molar refractivity (Wildman–Crippen MR) is 115 cm³/mol. The van der Waals surface area contributed by atoms with Gasteiger partial charge in [0.25, 0.3) is 0 Å². The van der Waals surface area contributed by atoms with Gasteiger partial charge in [0.2, 0.25) is 0 Å². The van der Waals surface area contributed by atoms with Gasteiger partial charge in [-0.25, -0.2) is 9.59 Å². The highest BCUT2D eigenvalue weighted by Crippen LogP contribution is 2.13. The first-order valence-corrected chi connectivity index (χ1v) is 10.3. The Labute approximate surface area is 186 Å². The van der Waals surface area contributed by atoms with Crippen molar-refractivity contribution in [3.63, 3.8) is 0 Å². The highest BCUT2D eigenvalue weighted by atomic mass is 16.6. The molecule has 1 saturated heterocycles. The fourth-order valence-electron chi connectivity index (χ4n) is 2.60. The summed E-state index contributed by atoms with van der Waals surface area (Å²) in [6.45, 7) is 4.23. The molecule has 2 rings (SSSR count). The number of hydrogen-bond acceptors (Lipinski definition) is 10. The molecule has 0 unspecified atom stereocenters. The molecule has 0 spiro atoms. The molecular weight excluding hydrogens is 420 g/mol. The summed E-state index contributed by atoms with van der Waals surface area (Å²) >= 11 is 0. The molecule has 0 amide bonds. The van der Waals surface area contributed by atoms with Gasteiger partial charge in [-0.1, -0.05) is 26.0 Å². The van der Waals surface area contributed by atoms with Crippen molar-refractivity contribution >= 4 is 23.9 Å². The van der Waals surface area contributed by atoms with Gasteiger partial charge in [-0.2, -0.15) is 0 Å². The summed E-state index contributed by atoms with van der Waals surface area (Å²) in [7, 11) is 0. The number of carbonyl (C=O) groups is 4. The van der Waals surface area contributed by atoms with Gasteiger partial charge in [0.05, 0.1) is 6.54 Å². The molecule has 0 aliphatic carbocycles. The average Bonchev–Trinajstić information content (AvgIpc) is 3.29. The van der Waals surface area contributed by atoms with Crippen LogP contribution in [0.5, 0.6) is 5.75 Å². The molecule has 1 aliphatic rings. The lowest BCUT2D eigenvalue weighted by atomic mass is 10.1. The molecule has 1 aromatic rings. The third kappa shape index (κ3) is 9.52. The lowest BCUT2D eigenvalue weighted by molar-refractivity contribution is -0.162. The van der Waals surface area contributed by atoms with Gasteiger partial charge >= 0.3 is 23.9 Å². The fraction of sp³-hybridized carbons (Fsp3) is 0.524. The van der Waals surface area contributed by atoms with Gasteiger partial charge in [0.1, 0.15) is 23.9 Å². The van der Waals surface area contributed by atoms with Crippen LogP contribution in [0.4, 0.5) is 0 Å². The van der Waals surface area contributed by atoms with E-state index in [2.05, 4.69) is 5.32 Å². The second kappa shape index (κ2) is 13.5. The second-order valence-corrected chi connectivity index (χ2v) is 7.63. The smallest absolute Gasteiger partial charge is 0.330 e. The molecule has 1 heterocycles. The van der Waals surface area contributed by atoms with Crippen LogP contribution in [0.15, 0.2) is 24.3 Å². The van der Waals surface area contributed by atoms with E-state index in [1.54, 1.807) is 24.3 Å². The van der Waals surface area contributed by atoms with Crippen LogP contribution in [0.1, 0.15) is 32.3 Å². The standard InChI is InChI=1S/C11H14N2O4.C10H18N2O3/c12-6-10(14)17-8-3-1-7(2-4-8)5-9(13)11(15)16;1-6(2)8(11)10(14)15-9(13)7-4-3-5-12-7/h1-4,9H,5-6,12-13H2,(H,15,16);6-8,12H,3-5,11H2,1-2H3/t9-;7-,8-/m00/s1. The van der Waals surface area contributed by atoms with E-state index in [4.69, 9.17) is 31.8 Å². The van der Waals surface area contributed by atoms with Crippen molar-refractivity contribution in [2.75, 3.05) is 13.1 Å². The van der Waals surface area contributed by atoms with Crippen LogP contribution in [0, 0.1) is 5.92 Å². The number of ether oxygens (including phenoxy) is 2. The lowest BCUT2D eigenvalue weighted by Gasteiger charge is -2.15. The van der Waals surface area contributed by atoms with Crippen molar-refractivity contribution in [3.8, 4) is 5.75 Å². The molecule has 3 atom stereocenters. The van der Waals surface area contributed by atoms with Crippen LogP contribution < -0.4 is 27.3 Å². The Morgan fingerprint density at radius 2 is 1.78 bits per heavy atom. The van der Waals surface area contributed by atoms with Gasteiger partial charge < -0.3 is 37.1 Å². The molecule has 11 nitrogen and oxygen atoms in total. The van der Waals surface area contributed by atoms with Crippen LogP contribution in [-0.4, -0.2) is 60.2 Å². The second-order valence-electron chi connectivity index (χ2n) is 7.63. The zero-order valence-corrected chi connectivity index (χ0v) is 18.3. The van der Waals surface area contributed by atoms with E-state index in [0.29, 0.717) is 5.75 Å². The molecule has 0 radical (unpaired) electrons. The van der Waals surface area contributed by atoms with Gasteiger partial charge in [-0.05, 0) is 49.4 Å². The summed E-state index contributed by atoms with van der Waals surface area (Å²) in [6, 6.07) is 4.44. The predicted octanol–water partition coefficient (Wildman–Crippen LogP) is -0.703. The molecule has 1 aliphatic heterocycles. The van der Waals surface area contributed by atoms with E-state index < -0.39 is 36.0 Å². The normalized spacial score (nSPS) is 17.0. The molecule has 0 aromatic heterocycles. The third-order valence-electron chi connectivity index (χ3n) is 4.63. The van der Waals surface area contributed by atoms with E-state index in [9.17, 15) is 19.2 Å². The lowest BCUT2D eigenvalue weighted by Crippen LogP contribution is -2.41. The summed E-state index contributed by atoms with van der Waals surface area (Å²) in [6.07, 6.45) is 1.88. The molecule has 178 valence electrons. The van der Waals surface area contributed by atoms with Crippen molar-refractivity contribution in [1.29, 1.82) is 0 Å². The Kier molecular flexibility index (Phi) is 11.5. The largest absolute Gasteiger partial charge is 0.480 e. The average molecular weight is 453 g/mol. The van der Waals surface area contributed by atoms with Crippen molar-refractivity contribution in [3.05, 3.63) is 29.8 Å². The Bertz CT molecular complexity index is 765. The van der Waals surface area contributed by atoms with Crippen LogP contribution in [0.2, 0.25) is 0 Å². The zero-order valence-electron chi connectivity index (χ0n) is 18.3. The van der Waals surface area contributed by atoms with Crippen LogP contribution in [0.3, 0.4) is 0 Å². The summed E-state index contributed by atoms with van der Waals surface area (Å²) in [5.41, 5.74) is 16.8. The van der Waals surface area contributed by atoms with E-state index in [1.165, 1.54) is 0 Å². The minimum absolute atomic E-state index is 0.0261. The maximum Gasteiger partial charge on any atom is 0.330 e. The maximum atomic E-state index is 11.4. The molecule has 1 aromatic carbocycles. The molecular formula is C21H32N4O7. The Hall–Kier alpha value is -2.86. The number of nitrogens with one attached hydrogen (secondary N) is 1. The summed E-state index contributed by atoms with van der Waals surface area (Å²) < 4.78 is 9.55. The van der Waals surface area contributed by atoms with E-state index >= 15 is 0 Å². The third-order valence-corrected chi connectivity index (χ3v) is 4.63. The number of benzene rings is 1. The Morgan fingerprint density at radius 3 is 2.25 bits per heavy atom. The van der Waals surface area contributed by atoms with Crippen molar-refractivity contribution in [2.45, 2.75) is 51.2 Å². The minimum Gasteiger partial charge on any atom is -0.480 e. The molecule has 1 fully saturated rings. The molecule has 11 heteroatoms. The topological polar surface area (TPSA) is 197 Å². The van der Waals surface area contributed by atoms with Crippen LogP contribution in [-0.2, 0) is 30.3 Å². The number of esters is 3. The quantitative estimate of drug-likeness (QED) is 0.190. The van der Waals surface area contributed by atoms with E-state index in [0.717, 1.165) is 24.9 Å². The zero-order chi connectivity index (χ0) is 24.3. The highest BCUT2D eigenvalue weighted by molar-refractivity contribution is 5.91. The van der Waals surface area contributed by atoms with Crippen LogP contribution >= 0.6 is 0 Å². The number of nitrogens with two attached hydrogens (primary N) is 3. The summed E-state index contributed by atoms with van der Waals surface area (Å²) in [5.74, 6) is -2.38. The van der Waals surface area contributed by atoms with Crippen molar-refractivity contribution in [2.24, 2.45) is 23.1 Å². The van der Waals surface area contributed by atoms with Gasteiger partial charge in [-0.15, -0.1) is 0 Å². The van der Waals surface area contributed by atoms with Gasteiger partial charge in [0.15, 0.2) is 0 Å². The fourth-order valence-corrected chi connectivity index (χ4v) is 2.60. The molecule has 32 heavy (non-hydrogen) atoms. The van der Waals surface area contributed by atoms with Gasteiger partial charge in [-0.3, -0.25) is 9.59 Å². The van der Waals surface area contributed by atoms with Gasteiger partial charge in [0, 0.05) is 0 Å². The van der Waals surface area contributed by atoms with E-state index in [1.807, 2.05) is 13.8 Å².